The molecule has 2 aromatic heterocycles. The van der Waals surface area contributed by atoms with Crippen LogP contribution in [0.4, 0.5) is 26.2 Å². The molecule has 10 nitrogen and oxygen atoms in total. The predicted molar refractivity (Wildman–Crippen MR) is 130 cm³/mol. The van der Waals surface area contributed by atoms with Crippen LogP contribution in [0.3, 0.4) is 0 Å². The summed E-state index contributed by atoms with van der Waals surface area (Å²) in [7, 11) is 1.50. The van der Waals surface area contributed by atoms with E-state index in [4.69, 9.17) is 26.9 Å². The number of hydrogen-bond acceptors (Lipinski definition) is 9. The van der Waals surface area contributed by atoms with E-state index in [0.29, 0.717) is 11.3 Å². The minimum atomic E-state index is -2.89. The maximum absolute atomic E-state index is 12.5. The molecule has 0 spiro atoms. The summed E-state index contributed by atoms with van der Waals surface area (Å²) in [5, 5.41) is 20.8. The van der Waals surface area contributed by atoms with Crippen LogP contribution in [-0.4, -0.2) is 44.8 Å². The first-order chi connectivity index (χ1) is 17.3. The monoisotopic (exact) mass is 517 g/mol. The van der Waals surface area contributed by atoms with Crippen molar-refractivity contribution in [1.29, 1.82) is 0 Å². The first-order valence-electron chi connectivity index (χ1n) is 10.5. The van der Waals surface area contributed by atoms with Crippen LogP contribution in [-0.2, 0) is 6.42 Å². The number of benzene rings is 2. The zero-order chi connectivity index (χ0) is 26.1. The number of hydrogen-bond donors (Lipinski definition) is 4. The first-order valence-corrected chi connectivity index (χ1v) is 10.9. The highest BCUT2D eigenvalue weighted by Crippen LogP contribution is 2.28. The fraction of sp³-hybridized carbons (Fsp3) is 0.174. The number of halogens is 3. The smallest absolute Gasteiger partial charge is 0.314 e. The minimum absolute atomic E-state index is 0.0509. The topological polar surface area (TPSA) is 152 Å². The third-order valence-corrected chi connectivity index (χ3v) is 4.93. The normalized spacial score (nSPS) is 10.5. The summed E-state index contributed by atoms with van der Waals surface area (Å²) < 4.78 is 29.9. The van der Waals surface area contributed by atoms with Gasteiger partial charge >= 0.3 is 6.43 Å². The number of rotatable bonds is 7. The Morgan fingerprint density at radius 2 is 1.94 bits per heavy atom. The van der Waals surface area contributed by atoms with Gasteiger partial charge < -0.3 is 25.9 Å². The fourth-order valence-electron chi connectivity index (χ4n) is 2.87. The van der Waals surface area contributed by atoms with Gasteiger partial charge in [0.25, 0.3) is 17.7 Å². The molecule has 5 N–H and O–H groups in total. The van der Waals surface area contributed by atoms with E-state index in [2.05, 4.69) is 30.8 Å². The van der Waals surface area contributed by atoms with Gasteiger partial charge in [-0.1, -0.05) is 41.9 Å². The number of aromatic nitrogens is 4. The Hall–Kier alpha value is -4.16. The molecular formula is C23H22ClF2N7O3. The standard InChI is InChI=1S/C15H12ClF2N7O2.C8H10O/c1-20-12(26)7-3-2-6(4-9(7)16)22-15-21-5-8(11(19)23-15)13-24-25-14(27-13)10(17)18;9-7-6-8-4-2-1-3-5-8/h2-5,10H,1H3,(H,20,26)(H3,19,21,22,23);1-5,9H,6-7H2. The molecule has 0 aliphatic heterocycles. The molecule has 0 radical (unpaired) electrons. The van der Waals surface area contributed by atoms with Crippen LogP contribution in [0.25, 0.3) is 11.5 Å². The lowest BCUT2D eigenvalue weighted by atomic mass is 10.2. The first kappa shape index (κ1) is 26.4. The molecule has 0 aliphatic rings. The lowest BCUT2D eigenvalue weighted by Crippen LogP contribution is -2.18. The van der Waals surface area contributed by atoms with Crippen molar-refractivity contribution in [1.82, 2.24) is 25.5 Å². The third-order valence-electron chi connectivity index (χ3n) is 4.62. The van der Waals surface area contributed by atoms with Gasteiger partial charge in [-0.2, -0.15) is 13.8 Å². The summed E-state index contributed by atoms with van der Waals surface area (Å²) in [6, 6.07) is 14.6. The Kier molecular flexibility index (Phi) is 9.19. The van der Waals surface area contributed by atoms with Crippen molar-refractivity contribution < 1.29 is 23.1 Å². The fourth-order valence-corrected chi connectivity index (χ4v) is 3.13. The van der Waals surface area contributed by atoms with E-state index in [9.17, 15) is 13.6 Å². The molecule has 4 rings (SSSR count). The summed E-state index contributed by atoms with van der Waals surface area (Å²) in [5.74, 6) is -1.29. The van der Waals surface area contributed by atoms with E-state index in [-0.39, 0.29) is 40.8 Å². The van der Waals surface area contributed by atoms with E-state index < -0.39 is 12.3 Å². The summed E-state index contributed by atoms with van der Waals surface area (Å²) in [6.07, 6.45) is -0.869. The molecule has 0 saturated carbocycles. The largest absolute Gasteiger partial charge is 0.415 e. The maximum atomic E-state index is 12.5. The minimum Gasteiger partial charge on any atom is -0.415 e. The second kappa shape index (κ2) is 12.5. The molecule has 0 atom stereocenters. The number of nitrogens with two attached hydrogens (primary N) is 1. The highest BCUT2D eigenvalue weighted by Gasteiger charge is 2.19. The summed E-state index contributed by atoms with van der Waals surface area (Å²) in [6.45, 7) is 0.240. The van der Waals surface area contributed by atoms with Crippen molar-refractivity contribution in [3.63, 3.8) is 0 Å². The number of aliphatic hydroxyl groups excluding tert-OH is 1. The Morgan fingerprint density at radius 1 is 1.19 bits per heavy atom. The van der Waals surface area contributed by atoms with Crippen molar-refractivity contribution in [2.75, 3.05) is 24.7 Å². The van der Waals surface area contributed by atoms with E-state index in [1.54, 1.807) is 6.07 Å². The van der Waals surface area contributed by atoms with Crippen LogP contribution < -0.4 is 16.4 Å². The molecule has 0 unspecified atom stereocenters. The second-order valence-corrected chi connectivity index (χ2v) is 7.50. The number of nitrogens with one attached hydrogen (secondary N) is 2. The Labute approximate surface area is 209 Å². The van der Waals surface area contributed by atoms with Gasteiger partial charge in [-0.3, -0.25) is 4.79 Å². The third kappa shape index (κ3) is 6.93. The van der Waals surface area contributed by atoms with Crippen LogP contribution >= 0.6 is 11.6 Å². The molecule has 188 valence electrons. The van der Waals surface area contributed by atoms with Gasteiger partial charge in [-0.15, -0.1) is 10.2 Å². The average Bonchev–Trinajstić information content (AvgIpc) is 3.36. The molecule has 2 aromatic carbocycles. The van der Waals surface area contributed by atoms with Gasteiger partial charge in [0.05, 0.1) is 16.1 Å². The van der Waals surface area contributed by atoms with Crippen molar-refractivity contribution >= 4 is 35.0 Å². The van der Waals surface area contributed by atoms with Gasteiger partial charge in [-0.05, 0) is 30.2 Å². The van der Waals surface area contributed by atoms with Crippen LogP contribution in [0.5, 0.6) is 0 Å². The van der Waals surface area contributed by atoms with Gasteiger partial charge in [0, 0.05) is 25.5 Å². The van der Waals surface area contributed by atoms with Gasteiger partial charge in [-0.25, -0.2) is 4.98 Å². The maximum Gasteiger partial charge on any atom is 0.314 e. The van der Waals surface area contributed by atoms with Crippen LogP contribution in [0, 0.1) is 0 Å². The predicted octanol–water partition coefficient (Wildman–Crippen LogP) is 4.02. The van der Waals surface area contributed by atoms with Crippen molar-refractivity contribution in [3.8, 4) is 11.5 Å². The average molecular weight is 518 g/mol. The lowest BCUT2D eigenvalue weighted by molar-refractivity contribution is 0.0963. The van der Waals surface area contributed by atoms with Gasteiger partial charge in [0.2, 0.25) is 5.95 Å². The Bertz CT molecular complexity index is 1310. The molecule has 0 fully saturated rings. The van der Waals surface area contributed by atoms with Crippen LogP contribution in [0.2, 0.25) is 5.02 Å². The molecule has 0 saturated heterocycles. The number of carbonyl (C=O) groups excluding carboxylic acids is 1. The molecule has 0 aliphatic carbocycles. The molecule has 2 heterocycles. The second-order valence-electron chi connectivity index (χ2n) is 7.10. The van der Waals surface area contributed by atoms with Crippen molar-refractivity contribution in [3.05, 3.63) is 76.8 Å². The lowest BCUT2D eigenvalue weighted by Gasteiger charge is -2.09. The Balaban J connectivity index is 0.000000338. The van der Waals surface area contributed by atoms with Gasteiger partial charge in [0.15, 0.2) is 0 Å². The number of nitrogens with zero attached hydrogens (tertiary/aromatic N) is 4. The number of aliphatic hydroxyl groups is 1. The summed E-state index contributed by atoms with van der Waals surface area (Å²) >= 11 is 6.08. The molecular weight excluding hydrogens is 496 g/mol. The van der Waals surface area contributed by atoms with Gasteiger partial charge in [0.1, 0.15) is 5.82 Å². The molecule has 1 amide bonds. The molecule has 36 heavy (non-hydrogen) atoms. The zero-order valence-corrected chi connectivity index (χ0v) is 19.7. The number of anilines is 3. The SMILES string of the molecule is CNC(=O)c1ccc(Nc2ncc(-c3nnc(C(F)F)o3)c(N)n2)cc1Cl.OCCc1ccccc1. The highest BCUT2D eigenvalue weighted by molar-refractivity contribution is 6.34. The van der Waals surface area contributed by atoms with Crippen molar-refractivity contribution in [2.45, 2.75) is 12.8 Å². The molecule has 13 heteroatoms. The van der Waals surface area contributed by atoms with E-state index in [1.165, 1.54) is 30.9 Å². The van der Waals surface area contributed by atoms with E-state index in [0.717, 1.165) is 6.42 Å². The number of carbonyl (C=O) groups is 1. The quantitative estimate of drug-likeness (QED) is 0.284. The van der Waals surface area contributed by atoms with E-state index >= 15 is 0 Å². The number of amides is 1. The summed E-state index contributed by atoms with van der Waals surface area (Å²) in [4.78, 5) is 19.7. The highest BCUT2D eigenvalue weighted by atomic mass is 35.5. The van der Waals surface area contributed by atoms with Crippen molar-refractivity contribution in [2.24, 2.45) is 0 Å². The summed E-state index contributed by atoms with van der Waals surface area (Å²) in [5.41, 5.74) is 7.96. The number of nitrogen functional groups attached to an aromatic ring is 1. The molecule has 4 aromatic rings. The van der Waals surface area contributed by atoms with Crippen LogP contribution in [0.15, 0.2) is 59.1 Å². The number of alkyl halides is 2. The zero-order valence-electron chi connectivity index (χ0n) is 19.0. The van der Waals surface area contributed by atoms with E-state index in [1.807, 2.05) is 30.3 Å². The van der Waals surface area contributed by atoms with Crippen LogP contribution in [0.1, 0.15) is 28.2 Å². The molecule has 0 bridgehead atoms. The Morgan fingerprint density at radius 3 is 2.53 bits per heavy atom.